The minimum absolute atomic E-state index is 0.0230. The number of carbonyl (C=O) groups excluding carboxylic acids is 2. The SMILES string of the molecule is Cc1cccc(NC(=O)NC(=O)CSc2nnc(-c3ccc(C(C)(C)C)cc3)o2)c1C. The number of carbonyl (C=O) groups is 2. The van der Waals surface area contributed by atoms with E-state index in [9.17, 15) is 9.59 Å². The summed E-state index contributed by atoms with van der Waals surface area (Å²) >= 11 is 1.07. The molecule has 1 heterocycles. The number of rotatable bonds is 5. The van der Waals surface area contributed by atoms with E-state index in [1.165, 1.54) is 5.56 Å². The fourth-order valence-electron chi connectivity index (χ4n) is 2.83. The topological polar surface area (TPSA) is 97.1 Å². The summed E-state index contributed by atoms with van der Waals surface area (Å²) in [4.78, 5) is 24.2. The van der Waals surface area contributed by atoms with Crippen LogP contribution >= 0.6 is 11.8 Å². The first kappa shape index (κ1) is 22.6. The first-order valence-corrected chi connectivity index (χ1v) is 10.9. The standard InChI is InChI=1S/C23H26N4O3S/c1-14-7-6-8-18(15(14)2)24-21(29)25-19(28)13-31-22-27-26-20(30-22)16-9-11-17(12-10-16)23(3,4)5/h6-12H,13H2,1-5H3,(H2,24,25,28,29). The Morgan fingerprint density at radius 2 is 1.74 bits per heavy atom. The summed E-state index contributed by atoms with van der Waals surface area (Å²) in [6, 6.07) is 13.0. The molecule has 0 bridgehead atoms. The molecule has 8 heteroatoms. The zero-order valence-electron chi connectivity index (χ0n) is 18.3. The highest BCUT2D eigenvalue weighted by atomic mass is 32.2. The molecule has 0 fully saturated rings. The number of amides is 3. The first-order chi connectivity index (χ1) is 14.6. The van der Waals surface area contributed by atoms with Gasteiger partial charge < -0.3 is 9.73 Å². The second-order valence-corrected chi connectivity index (χ2v) is 9.17. The van der Waals surface area contributed by atoms with Gasteiger partial charge in [-0.05, 0) is 54.2 Å². The third-order valence-electron chi connectivity index (χ3n) is 4.84. The Bertz CT molecular complexity index is 1080. The van der Waals surface area contributed by atoms with Crippen LogP contribution in [0.15, 0.2) is 52.1 Å². The van der Waals surface area contributed by atoms with Gasteiger partial charge in [-0.1, -0.05) is 56.8 Å². The molecule has 0 atom stereocenters. The molecular weight excluding hydrogens is 412 g/mol. The first-order valence-electron chi connectivity index (χ1n) is 9.88. The van der Waals surface area contributed by atoms with E-state index < -0.39 is 11.9 Å². The molecule has 0 saturated carbocycles. The van der Waals surface area contributed by atoms with Gasteiger partial charge in [-0.25, -0.2) is 4.79 Å². The molecule has 3 amide bonds. The van der Waals surface area contributed by atoms with E-state index in [4.69, 9.17) is 4.42 Å². The predicted octanol–water partition coefficient (Wildman–Crippen LogP) is 5.09. The van der Waals surface area contributed by atoms with Crippen LogP contribution in [-0.4, -0.2) is 27.9 Å². The quantitative estimate of drug-likeness (QED) is 0.539. The van der Waals surface area contributed by atoms with Gasteiger partial charge in [-0.3, -0.25) is 10.1 Å². The maximum absolute atomic E-state index is 12.1. The molecule has 162 valence electrons. The fraction of sp³-hybridized carbons (Fsp3) is 0.304. The molecule has 0 unspecified atom stereocenters. The Labute approximate surface area is 186 Å². The van der Waals surface area contributed by atoms with Crippen LogP contribution in [0.4, 0.5) is 10.5 Å². The van der Waals surface area contributed by atoms with Gasteiger partial charge in [0.2, 0.25) is 11.8 Å². The Balaban J connectivity index is 1.52. The van der Waals surface area contributed by atoms with Gasteiger partial charge in [0.15, 0.2) is 0 Å². The largest absolute Gasteiger partial charge is 0.411 e. The van der Waals surface area contributed by atoms with Crippen molar-refractivity contribution in [3.8, 4) is 11.5 Å². The normalized spacial score (nSPS) is 11.3. The molecule has 0 radical (unpaired) electrons. The molecular formula is C23H26N4O3S. The van der Waals surface area contributed by atoms with E-state index in [-0.39, 0.29) is 16.4 Å². The average Bonchev–Trinajstić information content (AvgIpc) is 3.18. The minimum atomic E-state index is -0.579. The molecule has 0 aliphatic rings. The number of anilines is 1. The van der Waals surface area contributed by atoms with Crippen molar-refractivity contribution in [1.82, 2.24) is 15.5 Å². The zero-order chi connectivity index (χ0) is 22.6. The predicted molar refractivity (Wildman–Crippen MR) is 122 cm³/mol. The summed E-state index contributed by atoms with van der Waals surface area (Å²) in [6.45, 7) is 10.3. The van der Waals surface area contributed by atoms with E-state index in [0.717, 1.165) is 28.5 Å². The Hall–Kier alpha value is -3.13. The summed E-state index contributed by atoms with van der Waals surface area (Å²) in [5, 5.41) is 13.3. The summed E-state index contributed by atoms with van der Waals surface area (Å²) in [5.41, 5.74) is 4.75. The van der Waals surface area contributed by atoms with Crippen molar-refractivity contribution < 1.29 is 14.0 Å². The number of nitrogens with zero attached hydrogens (tertiary/aromatic N) is 2. The molecule has 1 aromatic heterocycles. The summed E-state index contributed by atoms with van der Waals surface area (Å²) in [7, 11) is 0. The van der Waals surface area contributed by atoms with Crippen LogP contribution in [0, 0.1) is 13.8 Å². The van der Waals surface area contributed by atoms with Gasteiger partial charge in [0.05, 0.1) is 5.75 Å². The van der Waals surface area contributed by atoms with Crippen molar-refractivity contribution in [1.29, 1.82) is 0 Å². The van der Waals surface area contributed by atoms with E-state index >= 15 is 0 Å². The molecule has 2 aromatic carbocycles. The maximum Gasteiger partial charge on any atom is 0.325 e. The Kier molecular flexibility index (Phi) is 6.80. The molecule has 0 aliphatic carbocycles. The van der Waals surface area contributed by atoms with E-state index in [0.29, 0.717) is 11.6 Å². The number of hydrogen-bond acceptors (Lipinski definition) is 6. The van der Waals surface area contributed by atoms with E-state index in [1.54, 1.807) is 6.07 Å². The lowest BCUT2D eigenvalue weighted by Gasteiger charge is -2.18. The molecule has 0 aliphatic heterocycles. The monoisotopic (exact) mass is 438 g/mol. The number of thioether (sulfide) groups is 1. The molecule has 7 nitrogen and oxygen atoms in total. The minimum Gasteiger partial charge on any atom is -0.411 e. The van der Waals surface area contributed by atoms with Crippen LogP contribution in [-0.2, 0) is 10.2 Å². The van der Waals surface area contributed by atoms with Gasteiger partial charge in [0.1, 0.15) is 0 Å². The van der Waals surface area contributed by atoms with Crippen molar-refractivity contribution >= 4 is 29.4 Å². The smallest absolute Gasteiger partial charge is 0.325 e. The average molecular weight is 439 g/mol. The Morgan fingerprint density at radius 3 is 2.42 bits per heavy atom. The lowest BCUT2D eigenvalue weighted by molar-refractivity contribution is -0.117. The molecule has 3 rings (SSSR count). The van der Waals surface area contributed by atoms with Crippen LogP contribution in [0.3, 0.4) is 0 Å². The van der Waals surface area contributed by atoms with Crippen LogP contribution in [0.25, 0.3) is 11.5 Å². The third kappa shape index (κ3) is 5.95. The third-order valence-corrected chi connectivity index (χ3v) is 5.66. The molecule has 0 spiro atoms. The molecule has 0 saturated heterocycles. The zero-order valence-corrected chi connectivity index (χ0v) is 19.1. The van der Waals surface area contributed by atoms with Crippen LogP contribution in [0.1, 0.15) is 37.5 Å². The number of aryl methyl sites for hydroxylation is 1. The fourth-order valence-corrected chi connectivity index (χ4v) is 3.39. The van der Waals surface area contributed by atoms with Crippen LogP contribution in [0.2, 0.25) is 0 Å². The number of benzene rings is 2. The van der Waals surface area contributed by atoms with Crippen molar-refractivity contribution in [2.24, 2.45) is 0 Å². The highest BCUT2D eigenvalue weighted by Gasteiger charge is 2.16. The number of hydrogen-bond donors (Lipinski definition) is 2. The van der Waals surface area contributed by atoms with E-state index in [1.807, 2.05) is 50.2 Å². The number of imide groups is 1. The highest BCUT2D eigenvalue weighted by Crippen LogP contribution is 2.27. The van der Waals surface area contributed by atoms with Crippen LogP contribution < -0.4 is 10.6 Å². The summed E-state index contributed by atoms with van der Waals surface area (Å²) in [6.07, 6.45) is 0. The van der Waals surface area contributed by atoms with Crippen LogP contribution in [0.5, 0.6) is 0 Å². The molecule has 31 heavy (non-hydrogen) atoms. The molecule has 2 N–H and O–H groups in total. The molecule has 3 aromatic rings. The van der Waals surface area contributed by atoms with E-state index in [2.05, 4.69) is 41.6 Å². The van der Waals surface area contributed by atoms with Gasteiger partial charge in [0, 0.05) is 11.3 Å². The van der Waals surface area contributed by atoms with Crippen molar-refractivity contribution in [3.63, 3.8) is 0 Å². The number of aromatic nitrogens is 2. The van der Waals surface area contributed by atoms with Gasteiger partial charge in [-0.15, -0.1) is 10.2 Å². The van der Waals surface area contributed by atoms with Gasteiger partial charge >= 0.3 is 6.03 Å². The maximum atomic E-state index is 12.1. The summed E-state index contributed by atoms with van der Waals surface area (Å²) < 4.78 is 5.64. The second kappa shape index (κ2) is 9.34. The van der Waals surface area contributed by atoms with Gasteiger partial charge in [0.25, 0.3) is 5.22 Å². The highest BCUT2D eigenvalue weighted by molar-refractivity contribution is 7.99. The van der Waals surface area contributed by atoms with Gasteiger partial charge in [-0.2, -0.15) is 0 Å². The van der Waals surface area contributed by atoms with Crippen molar-refractivity contribution in [2.75, 3.05) is 11.1 Å². The number of urea groups is 1. The van der Waals surface area contributed by atoms with Crippen molar-refractivity contribution in [3.05, 3.63) is 59.2 Å². The Morgan fingerprint density at radius 1 is 1.03 bits per heavy atom. The van der Waals surface area contributed by atoms with Crippen molar-refractivity contribution in [2.45, 2.75) is 45.3 Å². The summed E-state index contributed by atoms with van der Waals surface area (Å²) in [5.74, 6) is -0.0942. The lowest BCUT2D eigenvalue weighted by Crippen LogP contribution is -2.35. The number of nitrogens with one attached hydrogen (secondary N) is 2. The second-order valence-electron chi connectivity index (χ2n) is 8.24. The lowest BCUT2D eigenvalue weighted by atomic mass is 9.87.